The Hall–Kier alpha value is -1.38. The molecule has 0 radical (unpaired) electrons. The van der Waals surface area contributed by atoms with E-state index in [0.717, 1.165) is 25.9 Å². The van der Waals surface area contributed by atoms with Crippen LogP contribution in [0.15, 0.2) is 18.3 Å². The third-order valence-corrected chi connectivity index (χ3v) is 4.39. The van der Waals surface area contributed by atoms with E-state index in [0.29, 0.717) is 12.2 Å². The molecule has 112 valence electrons. The Morgan fingerprint density at radius 1 is 1.40 bits per heavy atom. The smallest absolute Gasteiger partial charge is 0.352 e. The summed E-state index contributed by atoms with van der Waals surface area (Å²) in [6.07, 6.45) is 3.40. The van der Waals surface area contributed by atoms with Crippen LogP contribution < -0.4 is 5.14 Å². The first-order valence-corrected chi connectivity index (χ1v) is 8.21. The summed E-state index contributed by atoms with van der Waals surface area (Å²) in [4.78, 5) is 13.1. The standard InChI is InChI=1S/C12H19N3O4S/c13-20(18,19)9-8-14-6-3-10(4-7-14)15-5-1-2-11(15)12(16)17/h1-2,5,10H,3-4,6-9H2,(H,16,17)(H2,13,18,19). The Morgan fingerprint density at radius 2 is 2.05 bits per heavy atom. The molecular weight excluding hydrogens is 282 g/mol. The number of sulfonamides is 1. The lowest BCUT2D eigenvalue weighted by Gasteiger charge is -2.33. The molecule has 1 aromatic rings. The molecule has 1 aliphatic rings. The highest BCUT2D eigenvalue weighted by molar-refractivity contribution is 7.89. The molecule has 1 aromatic heterocycles. The van der Waals surface area contributed by atoms with Gasteiger partial charge in [-0.15, -0.1) is 0 Å². The molecule has 8 heteroatoms. The molecule has 2 heterocycles. The SMILES string of the molecule is NS(=O)(=O)CCN1CCC(n2cccc2C(=O)O)CC1. The van der Waals surface area contributed by atoms with Crippen LogP contribution in [0.3, 0.4) is 0 Å². The van der Waals surface area contributed by atoms with E-state index in [-0.39, 0.29) is 11.8 Å². The van der Waals surface area contributed by atoms with Crippen LogP contribution in [0, 0.1) is 0 Å². The second kappa shape index (κ2) is 5.94. The molecule has 0 spiro atoms. The summed E-state index contributed by atoms with van der Waals surface area (Å²) >= 11 is 0. The number of nitrogens with zero attached hydrogens (tertiary/aromatic N) is 2. The van der Waals surface area contributed by atoms with Gasteiger partial charge in [0.15, 0.2) is 0 Å². The van der Waals surface area contributed by atoms with Gasteiger partial charge in [-0.2, -0.15) is 0 Å². The lowest BCUT2D eigenvalue weighted by Crippen LogP contribution is -2.38. The number of primary sulfonamides is 1. The summed E-state index contributed by atoms with van der Waals surface area (Å²) in [6, 6.07) is 3.48. The molecule has 2 rings (SSSR count). The minimum atomic E-state index is -3.42. The predicted octanol–water partition coefficient (Wildman–Crippen LogP) is 0.112. The maximum absolute atomic E-state index is 11.1. The maximum atomic E-state index is 11.1. The monoisotopic (exact) mass is 301 g/mol. The zero-order valence-corrected chi connectivity index (χ0v) is 11.9. The van der Waals surface area contributed by atoms with Gasteiger partial charge in [-0.1, -0.05) is 0 Å². The fraction of sp³-hybridized carbons (Fsp3) is 0.583. The first kappa shape index (κ1) is 15.0. The van der Waals surface area contributed by atoms with Crippen LogP contribution >= 0.6 is 0 Å². The van der Waals surface area contributed by atoms with Crippen LogP contribution in [0.5, 0.6) is 0 Å². The number of likely N-dealkylation sites (tertiary alicyclic amines) is 1. The van der Waals surface area contributed by atoms with Crippen LogP contribution in [0.2, 0.25) is 0 Å². The minimum Gasteiger partial charge on any atom is -0.477 e. The van der Waals surface area contributed by atoms with E-state index >= 15 is 0 Å². The van der Waals surface area contributed by atoms with Crippen LogP contribution in [-0.4, -0.2) is 54.3 Å². The number of carboxylic acids is 1. The van der Waals surface area contributed by atoms with Gasteiger partial charge in [-0.3, -0.25) is 0 Å². The normalized spacial score (nSPS) is 18.2. The quantitative estimate of drug-likeness (QED) is 0.803. The molecule has 0 bridgehead atoms. The Labute approximate surface area is 118 Å². The van der Waals surface area contributed by atoms with E-state index in [1.165, 1.54) is 0 Å². The van der Waals surface area contributed by atoms with E-state index < -0.39 is 16.0 Å². The second-order valence-electron chi connectivity index (χ2n) is 5.05. The molecule has 0 aromatic carbocycles. The molecule has 0 atom stereocenters. The van der Waals surface area contributed by atoms with Crippen LogP contribution in [0.1, 0.15) is 29.4 Å². The summed E-state index contributed by atoms with van der Waals surface area (Å²) < 4.78 is 23.6. The fourth-order valence-corrected chi connectivity index (χ4v) is 3.08. The van der Waals surface area contributed by atoms with E-state index in [9.17, 15) is 13.2 Å². The van der Waals surface area contributed by atoms with Crippen molar-refractivity contribution in [2.24, 2.45) is 5.14 Å². The van der Waals surface area contributed by atoms with Crippen molar-refractivity contribution in [2.75, 3.05) is 25.4 Å². The lowest BCUT2D eigenvalue weighted by molar-refractivity contribution is 0.0678. The summed E-state index contributed by atoms with van der Waals surface area (Å²) in [5, 5.41) is 14.1. The topological polar surface area (TPSA) is 106 Å². The fourth-order valence-electron chi connectivity index (χ4n) is 2.57. The number of carboxylic acid groups (broad SMARTS) is 1. The third-order valence-electron chi connectivity index (χ3n) is 3.64. The molecule has 1 fully saturated rings. The molecule has 0 unspecified atom stereocenters. The van der Waals surface area contributed by atoms with Crippen molar-refractivity contribution in [3.63, 3.8) is 0 Å². The highest BCUT2D eigenvalue weighted by Crippen LogP contribution is 2.24. The number of nitrogens with two attached hydrogens (primary N) is 1. The number of hydrogen-bond acceptors (Lipinski definition) is 4. The molecule has 3 N–H and O–H groups in total. The largest absolute Gasteiger partial charge is 0.477 e. The van der Waals surface area contributed by atoms with Gasteiger partial charge in [-0.05, 0) is 25.0 Å². The van der Waals surface area contributed by atoms with Gasteiger partial charge in [0.2, 0.25) is 10.0 Å². The van der Waals surface area contributed by atoms with E-state index in [4.69, 9.17) is 10.2 Å². The summed E-state index contributed by atoms with van der Waals surface area (Å²) in [6.45, 7) is 1.93. The van der Waals surface area contributed by atoms with Crippen molar-refractivity contribution < 1.29 is 18.3 Å². The van der Waals surface area contributed by atoms with Crippen molar-refractivity contribution >= 4 is 16.0 Å². The minimum absolute atomic E-state index is 0.0401. The number of hydrogen-bond donors (Lipinski definition) is 2. The van der Waals surface area contributed by atoms with Gasteiger partial charge in [-0.25, -0.2) is 18.4 Å². The Balaban J connectivity index is 1.91. The number of carbonyl (C=O) groups is 1. The summed E-state index contributed by atoms with van der Waals surface area (Å²) in [5.74, 6) is -0.965. The molecule has 1 saturated heterocycles. The van der Waals surface area contributed by atoms with Gasteiger partial charge in [0.25, 0.3) is 0 Å². The summed E-state index contributed by atoms with van der Waals surface area (Å²) in [7, 11) is -3.42. The van der Waals surface area contributed by atoms with Crippen molar-refractivity contribution in [3.05, 3.63) is 24.0 Å². The average Bonchev–Trinajstić information content (AvgIpc) is 2.85. The highest BCUT2D eigenvalue weighted by atomic mass is 32.2. The molecule has 20 heavy (non-hydrogen) atoms. The average molecular weight is 301 g/mol. The molecule has 0 aliphatic carbocycles. The first-order chi connectivity index (χ1) is 9.37. The van der Waals surface area contributed by atoms with Gasteiger partial charge in [0.1, 0.15) is 5.69 Å². The molecule has 0 amide bonds. The zero-order chi connectivity index (χ0) is 14.8. The Morgan fingerprint density at radius 3 is 2.60 bits per heavy atom. The van der Waals surface area contributed by atoms with E-state index in [1.54, 1.807) is 22.9 Å². The molecular formula is C12H19N3O4S. The first-order valence-electron chi connectivity index (χ1n) is 6.50. The number of aromatic nitrogens is 1. The van der Waals surface area contributed by atoms with Crippen molar-refractivity contribution in [3.8, 4) is 0 Å². The lowest BCUT2D eigenvalue weighted by atomic mass is 10.0. The maximum Gasteiger partial charge on any atom is 0.352 e. The van der Waals surface area contributed by atoms with Crippen molar-refractivity contribution in [2.45, 2.75) is 18.9 Å². The van der Waals surface area contributed by atoms with E-state index in [1.807, 2.05) is 4.90 Å². The molecule has 7 nitrogen and oxygen atoms in total. The zero-order valence-electron chi connectivity index (χ0n) is 11.1. The Bertz CT molecular complexity index is 573. The van der Waals surface area contributed by atoms with Crippen LogP contribution in [0.4, 0.5) is 0 Å². The number of aromatic carboxylic acids is 1. The second-order valence-corrected chi connectivity index (χ2v) is 6.78. The Kier molecular flexibility index (Phi) is 4.46. The van der Waals surface area contributed by atoms with Gasteiger partial charge in [0.05, 0.1) is 5.75 Å². The van der Waals surface area contributed by atoms with Gasteiger partial charge < -0.3 is 14.6 Å². The summed E-state index contributed by atoms with van der Waals surface area (Å²) in [5.41, 5.74) is 0.299. The van der Waals surface area contributed by atoms with Crippen molar-refractivity contribution in [1.29, 1.82) is 0 Å². The molecule has 1 aliphatic heterocycles. The predicted molar refractivity (Wildman–Crippen MR) is 74.1 cm³/mol. The van der Waals surface area contributed by atoms with E-state index in [2.05, 4.69) is 0 Å². The van der Waals surface area contributed by atoms with Gasteiger partial charge >= 0.3 is 5.97 Å². The number of piperidine rings is 1. The van der Waals surface area contributed by atoms with Gasteiger partial charge in [0, 0.05) is 31.9 Å². The highest BCUT2D eigenvalue weighted by Gasteiger charge is 2.23. The third kappa shape index (κ3) is 3.81. The molecule has 0 saturated carbocycles. The van der Waals surface area contributed by atoms with Crippen LogP contribution in [-0.2, 0) is 10.0 Å². The van der Waals surface area contributed by atoms with Crippen LogP contribution in [0.25, 0.3) is 0 Å². The van der Waals surface area contributed by atoms with Crippen molar-refractivity contribution in [1.82, 2.24) is 9.47 Å². The number of rotatable bonds is 5.